The number of amides is 1. The van der Waals surface area contributed by atoms with E-state index in [1.165, 1.54) is 6.20 Å². The molecular formula is C11H13N5O3S. The first-order valence-electron chi connectivity index (χ1n) is 5.64. The van der Waals surface area contributed by atoms with E-state index in [0.717, 1.165) is 11.8 Å². The minimum atomic E-state index is -0.496. The average Bonchev–Trinajstić information content (AvgIpc) is 2.43. The molecule has 0 radical (unpaired) electrons. The van der Waals surface area contributed by atoms with Gasteiger partial charge in [-0.1, -0.05) is 11.8 Å². The third-order valence-corrected chi connectivity index (χ3v) is 2.85. The van der Waals surface area contributed by atoms with E-state index in [0.29, 0.717) is 0 Å². The Bertz CT molecular complexity index is 543. The van der Waals surface area contributed by atoms with Crippen LogP contribution < -0.4 is 11.1 Å². The molecule has 0 aliphatic rings. The summed E-state index contributed by atoms with van der Waals surface area (Å²) in [6.07, 6.45) is 1.29. The number of nitrogens with two attached hydrogens (primary N) is 1. The van der Waals surface area contributed by atoms with E-state index in [2.05, 4.69) is 20.0 Å². The van der Waals surface area contributed by atoms with Gasteiger partial charge in [0, 0.05) is 0 Å². The number of nitriles is 1. The molecule has 0 aromatic carbocycles. The zero-order chi connectivity index (χ0) is 15.0. The lowest BCUT2D eigenvalue weighted by molar-refractivity contribution is -0.143. The quantitative estimate of drug-likeness (QED) is 0.415. The predicted molar refractivity (Wildman–Crippen MR) is 71.5 cm³/mol. The van der Waals surface area contributed by atoms with Crippen molar-refractivity contribution in [3.8, 4) is 6.07 Å². The number of esters is 1. The third-order valence-electron chi connectivity index (χ3n) is 1.98. The van der Waals surface area contributed by atoms with Gasteiger partial charge in [-0.2, -0.15) is 5.26 Å². The summed E-state index contributed by atoms with van der Waals surface area (Å²) in [4.78, 5) is 30.2. The highest BCUT2D eigenvalue weighted by molar-refractivity contribution is 7.99. The van der Waals surface area contributed by atoms with E-state index in [9.17, 15) is 9.59 Å². The fourth-order valence-electron chi connectivity index (χ4n) is 1.10. The molecule has 0 unspecified atom stereocenters. The summed E-state index contributed by atoms with van der Waals surface area (Å²) >= 11 is 1.05. The zero-order valence-corrected chi connectivity index (χ0v) is 11.6. The molecule has 1 heterocycles. The van der Waals surface area contributed by atoms with Crippen molar-refractivity contribution in [2.75, 3.05) is 24.6 Å². The molecule has 1 aromatic heterocycles. The Labute approximate surface area is 119 Å². The Balaban J connectivity index is 2.40. The van der Waals surface area contributed by atoms with Gasteiger partial charge >= 0.3 is 5.97 Å². The number of rotatable bonds is 6. The number of nitrogens with zero attached hydrogens (tertiary/aromatic N) is 3. The molecule has 0 bridgehead atoms. The molecule has 0 spiro atoms. The Morgan fingerprint density at radius 3 is 2.95 bits per heavy atom. The van der Waals surface area contributed by atoms with Crippen LogP contribution in [0.1, 0.15) is 12.5 Å². The van der Waals surface area contributed by atoms with Gasteiger partial charge < -0.3 is 15.8 Å². The molecule has 0 saturated carbocycles. The number of ether oxygens (including phenoxy) is 1. The van der Waals surface area contributed by atoms with Crippen molar-refractivity contribution in [2.24, 2.45) is 0 Å². The number of thioether (sulfide) groups is 1. The van der Waals surface area contributed by atoms with Gasteiger partial charge in [0.05, 0.1) is 18.6 Å². The van der Waals surface area contributed by atoms with Crippen LogP contribution in [0.25, 0.3) is 0 Å². The van der Waals surface area contributed by atoms with Crippen molar-refractivity contribution < 1.29 is 14.3 Å². The summed E-state index contributed by atoms with van der Waals surface area (Å²) in [5.41, 5.74) is 5.70. The van der Waals surface area contributed by atoms with E-state index in [-0.39, 0.29) is 41.3 Å². The number of hydrogen-bond acceptors (Lipinski definition) is 8. The lowest BCUT2D eigenvalue weighted by atomic mass is 10.3. The smallest absolute Gasteiger partial charge is 0.325 e. The molecule has 8 nitrogen and oxygen atoms in total. The van der Waals surface area contributed by atoms with Gasteiger partial charge in [0.2, 0.25) is 5.91 Å². The first kappa shape index (κ1) is 15.7. The number of nitrogens with one attached hydrogen (secondary N) is 1. The molecule has 0 aliphatic carbocycles. The number of hydrogen-bond donors (Lipinski definition) is 2. The van der Waals surface area contributed by atoms with E-state index in [1.54, 1.807) is 6.92 Å². The lowest BCUT2D eigenvalue weighted by Crippen LogP contribution is -2.31. The molecule has 106 valence electrons. The monoisotopic (exact) mass is 295 g/mol. The topological polar surface area (TPSA) is 131 Å². The maximum absolute atomic E-state index is 11.5. The molecule has 0 aliphatic heterocycles. The SMILES string of the molecule is CCOC(=O)CNC(=O)CSc1ncc(C#N)c(N)n1. The van der Waals surface area contributed by atoms with Crippen LogP contribution in [0.2, 0.25) is 0 Å². The fourth-order valence-corrected chi connectivity index (χ4v) is 1.75. The number of anilines is 1. The highest BCUT2D eigenvalue weighted by Crippen LogP contribution is 2.15. The summed E-state index contributed by atoms with van der Waals surface area (Å²) in [6, 6.07) is 1.84. The lowest BCUT2D eigenvalue weighted by Gasteiger charge is -2.04. The van der Waals surface area contributed by atoms with Gasteiger partial charge in [-0.15, -0.1) is 0 Å². The van der Waals surface area contributed by atoms with Crippen molar-refractivity contribution in [1.82, 2.24) is 15.3 Å². The number of carbonyl (C=O) groups is 2. The first-order chi connectivity index (χ1) is 9.56. The molecule has 1 aromatic rings. The Kier molecular flexibility index (Phi) is 6.25. The Hall–Kier alpha value is -2.34. The van der Waals surface area contributed by atoms with Crippen LogP contribution in [0.5, 0.6) is 0 Å². The van der Waals surface area contributed by atoms with Crippen molar-refractivity contribution in [2.45, 2.75) is 12.1 Å². The highest BCUT2D eigenvalue weighted by Gasteiger charge is 2.09. The summed E-state index contributed by atoms with van der Waals surface area (Å²) in [5, 5.41) is 11.4. The van der Waals surface area contributed by atoms with Gasteiger partial charge in [-0.3, -0.25) is 9.59 Å². The molecule has 3 N–H and O–H groups in total. The van der Waals surface area contributed by atoms with Crippen LogP contribution >= 0.6 is 11.8 Å². The van der Waals surface area contributed by atoms with Gasteiger partial charge in [-0.25, -0.2) is 9.97 Å². The van der Waals surface area contributed by atoms with Crippen molar-refractivity contribution in [3.63, 3.8) is 0 Å². The van der Waals surface area contributed by atoms with E-state index in [4.69, 9.17) is 11.0 Å². The van der Waals surface area contributed by atoms with Gasteiger partial charge in [-0.05, 0) is 6.92 Å². The fraction of sp³-hybridized carbons (Fsp3) is 0.364. The maximum atomic E-state index is 11.5. The van der Waals surface area contributed by atoms with Crippen molar-refractivity contribution >= 4 is 29.5 Å². The standard InChI is InChI=1S/C11H13N5O3S/c1-2-19-9(18)5-14-8(17)6-20-11-15-4-7(3-12)10(13)16-11/h4H,2,5-6H2,1H3,(H,14,17)(H2,13,15,16). The van der Waals surface area contributed by atoms with Crippen molar-refractivity contribution in [1.29, 1.82) is 5.26 Å². The Morgan fingerprint density at radius 1 is 1.60 bits per heavy atom. The minimum absolute atomic E-state index is 0.0325. The molecular weight excluding hydrogens is 282 g/mol. The number of aromatic nitrogens is 2. The van der Waals surface area contributed by atoms with E-state index < -0.39 is 5.97 Å². The zero-order valence-electron chi connectivity index (χ0n) is 10.8. The van der Waals surface area contributed by atoms with Crippen LogP contribution in [0.4, 0.5) is 5.82 Å². The molecule has 1 amide bonds. The number of nitrogen functional groups attached to an aromatic ring is 1. The predicted octanol–water partition coefficient (Wildman–Crippen LogP) is -0.298. The normalized spacial score (nSPS) is 9.60. The van der Waals surface area contributed by atoms with Gasteiger partial charge in [0.15, 0.2) is 5.16 Å². The van der Waals surface area contributed by atoms with Crippen LogP contribution in [0, 0.1) is 11.3 Å². The van der Waals surface area contributed by atoms with E-state index >= 15 is 0 Å². The minimum Gasteiger partial charge on any atom is -0.465 e. The van der Waals surface area contributed by atoms with Gasteiger partial charge in [0.1, 0.15) is 24.0 Å². The van der Waals surface area contributed by atoms with Crippen molar-refractivity contribution in [3.05, 3.63) is 11.8 Å². The molecule has 0 atom stereocenters. The maximum Gasteiger partial charge on any atom is 0.325 e. The van der Waals surface area contributed by atoms with Crippen LogP contribution in [-0.2, 0) is 14.3 Å². The molecule has 1 rings (SSSR count). The second-order valence-corrected chi connectivity index (χ2v) is 4.38. The van der Waals surface area contributed by atoms with Gasteiger partial charge in [0.25, 0.3) is 0 Å². The highest BCUT2D eigenvalue weighted by atomic mass is 32.2. The van der Waals surface area contributed by atoms with Crippen LogP contribution in [-0.4, -0.2) is 40.7 Å². The second-order valence-electron chi connectivity index (χ2n) is 3.43. The molecule has 0 fully saturated rings. The summed E-state index contributed by atoms with van der Waals surface area (Å²) in [7, 11) is 0. The third kappa shape index (κ3) is 5.11. The first-order valence-corrected chi connectivity index (χ1v) is 6.63. The second kappa shape index (κ2) is 7.96. The summed E-state index contributed by atoms with van der Waals surface area (Å²) in [6.45, 7) is 1.77. The molecule has 9 heteroatoms. The van der Waals surface area contributed by atoms with Crippen LogP contribution in [0.3, 0.4) is 0 Å². The summed E-state index contributed by atoms with van der Waals surface area (Å²) < 4.78 is 4.66. The van der Waals surface area contributed by atoms with Crippen LogP contribution in [0.15, 0.2) is 11.4 Å². The molecule has 20 heavy (non-hydrogen) atoms. The average molecular weight is 295 g/mol. The Morgan fingerprint density at radius 2 is 2.35 bits per heavy atom. The van der Waals surface area contributed by atoms with E-state index in [1.807, 2.05) is 6.07 Å². The summed E-state index contributed by atoms with van der Waals surface area (Å²) in [5.74, 6) is -0.749. The largest absolute Gasteiger partial charge is 0.465 e. The molecule has 0 saturated heterocycles. The number of carbonyl (C=O) groups excluding carboxylic acids is 2.